The van der Waals surface area contributed by atoms with E-state index in [4.69, 9.17) is 16.3 Å². The second-order valence-corrected chi connectivity index (χ2v) is 9.18. The number of anilines is 3. The van der Waals surface area contributed by atoms with Crippen LogP contribution >= 0.6 is 11.6 Å². The van der Waals surface area contributed by atoms with Crippen molar-refractivity contribution in [1.29, 1.82) is 0 Å². The maximum Gasteiger partial charge on any atom is 0.319 e. The zero-order valence-electron chi connectivity index (χ0n) is 19.3. The molecule has 0 radical (unpaired) electrons. The van der Waals surface area contributed by atoms with Crippen LogP contribution < -0.4 is 25.6 Å². The molecule has 0 unspecified atom stereocenters. The molecule has 1 fully saturated rings. The number of aromatic nitrogens is 1. The number of hydrogen-bond acceptors (Lipinski definition) is 5. The van der Waals surface area contributed by atoms with E-state index in [1.807, 2.05) is 24.3 Å². The second-order valence-electron chi connectivity index (χ2n) is 8.74. The minimum absolute atomic E-state index is 0.0204. The number of halogens is 1. The van der Waals surface area contributed by atoms with E-state index >= 15 is 0 Å². The lowest BCUT2D eigenvalue weighted by Gasteiger charge is -2.40. The van der Waals surface area contributed by atoms with Gasteiger partial charge in [-0.1, -0.05) is 17.7 Å². The number of piperidine rings is 1. The number of benzene rings is 2. The molecular formula is C26H26ClN5O3. The Morgan fingerprint density at radius 2 is 2.00 bits per heavy atom. The van der Waals surface area contributed by atoms with Gasteiger partial charge in [0.25, 0.3) is 0 Å². The minimum Gasteiger partial charge on any atom is -0.495 e. The third-order valence-electron chi connectivity index (χ3n) is 6.49. The summed E-state index contributed by atoms with van der Waals surface area (Å²) < 4.78 is 5.27. The first-order valence-corrected chi connectivity index (χ1v) is 11.9. The van der Waals surface area contributed by atoms with Crippen LogP contribution in [0.15, 0.2) is 60.8 Å². The third kappa shape index (κ3) is 5.17. The van der Waals surface area contributed by atoms with Crippen molar-refractivity contribution in [2.45, 2.75) is 24.8 Å². The molecule has 9 heteroatoms. The van der Waals surface area contributed by atoms with E-state index in [2.05, 4.69) is 31.9 Å². The van der Waals surface area contributed by atoms with E-state index in [1.54, 1.807) is 37.6 Å². The number of rotatable bonds is 5. The topological polar surface area (TPSA) is 95.6 Å². The van der Waals surface area contributed by atoms with Crippen molar-refractivity contribution in [3.63, 3.8) is 0 Å². The number of nitrogens with one attached hydrogen (secondary N) is 3. The van der Waals surface area contributed by atoms with E-state index in [0.29, 0.717) is 29.4 Å². The van der Waals surface area contributed by atoms with Crippen LogP contribution in [-0.2, 0) is 11.2 Å². The van der Waals surface area contributed by atoms with Crippen molar-refractivity contribution >= 4 is 40.6 Å². The lowest BCUT2D eigenvalue weighted by Crippen LogP contribution is -2.51. The predicted molar refractivity (Wildman–Crippen MR) is 137 cm³/mol. The average Bonchev–Trinajstić information content (AvgIpc) is 3.25. The Labute approximate surface area is 208 Å². The summed E-state index contributed by atoms with van der Waals surface area (Å²) in [5.74, 6) is 0.654. The molecule has 2 aliphatic rings. The van der Waals surface area contributed by atoms with Gasteiger partial charge in [-0.15, -0.1) is 0 Å². The van der Waals surface area contributed by atoms with Crippen LogP contribution in [0.25, 0.3) is 0 Å². The van der Waals surface area contributed by atoms with Crippen LogP contribution in [0.5, 0.6) is 5.75 Å². The highest BCUT2D eigenvalue weighted by atomic mass is 35.5. The fraction of sp³-hybridized carbons (Fsp3) is 0.269. The van der Waals surface area contributed by atoms with Crippen LogP contribution in [0.3, 0.4) is 0 Å². The summed E-state index contributed by atoms with van der Waals surface area (Å²) in [7, 11) is 1.61. The van der Waals surface area contributed by atoms with Crippen LogP contribution in [0.1, 0.15) is 23.6 Å². The van der Waals surface area contributed by atoms with Gasteiger partial charge in [-0.05, 0) is 60.5 Å². The Morgan fingerprint density at radius 3 is 2.74 bits per heavy atom. The van der Waals surface area contributed by atoms with Gasteiger partial charge in [0.05, 0.1) is 19.7 Å². The predicted octanol–water partition coefficient (Wildman–Crippen LogP) is 4.42. The summed E-state index contributed by atoms with van der Waals surface area (Å²) in [6.45, 7) is 1.42. The molecular weight excluding hydrogens is 466 g/mol. The molecule has 3 aromatic rings. The summed E-state index contributed by atoms with van der Waals surface area (Å²) in [5.41, 5.74) is 4.47. The van der Waals surface area contributed by atoms with Crippen molar-refractivity contribution in [2.24, 2.45) is 0 Å². The van der Waals surface area contributed by atoms with E-state index in [1.165, 1.54) is 0 Å². The Bertz CT molecular complexity index is 1230. The monoisotopic (exact) mass is 491 g/mol. The fourth-order valence-corrected chi connectivity index (χ4v) is 4.78. The summed E-state index contributed by atoms with van der Waals surface area (Å²) in [6.07, 6.45) is 2.85. The van der Waals surface area contributed by atoms with Crippen LogP contribution in [0, 0.1) is 0 Å². The van der Waals surface area contributed by atoms with Gasteiger partial charge in [0.15, 0.2) is 0 Å². The molecule has 2 aliphatic heterocycles. The summed E-state index contributed by atoms with van der Waals surface area (Å²) in [4.78, 5) is 31.5. The molecule has 1 saturated heterocycles. The number of carbonyl (C=O) groups excluding carboxylic acids is 2. The standard InChI is InChI=1S/C26H26ClN5O3/c1-35-20-8-9-22(28-14-20)21-15-32(19-7-2-16-12-25(33)30-24(16)13-19)11-10-23(21)31-26(34)29-18-5-3-17(27)4-6-18/h2-9,13-14,21,23H,10-12,15H2,1H3,(H,30,33)(H2,29,31,34)/t21-,23+/m0/s1. The number of pyridine rings is 1. The highest BCUT2D eigenvalue weighted by Gasteiger charge is 2.33. The van der Waals surface area contributed by atoms with Gasteiger partial charge in [0.1, 0.15) is 5.75 Å². The molecule has 180 valence electrons. The number of urea groups is 1. The van der Waals surface area contributed by atoms with Gasteiger partial charge < -0.3 is 25.6 Å². The van der Waals surface area contributed by atoms with Gasteiger partial charge in [-0.25, -0.2) is 4.79 Å². The highest BCUT2D eigenvalue weighted by Crippen LogP contribution is 2.33. The van der Waals surface area contributed by atoms with E-state index in [0.717, 1.165) is 35.6 Å². The lowest BCUT2D eigenvalue weighted by molar-refractivity contribution is -0.115. The normalized spacial score (nSPS) is 19.0. The molecule has 0 saturated carbocycles. The number of fused-ring (bicyclic) bond motifs is 1. The second kappa shape index (κ2) is 9.84. The molecule has 3 N–H and O–H groups in total. The van der Waals surface area contributed by atoms with Gasteiger partial charge >= 0.3 is 6.03 Å². The summed E-state index contributed by atoms with van der Waals surface area (Å²) in [6, 6.07) is 16.5. The molecule has 3 heterocycles. The SMILES string of the molecule is COc1ccc([C@@H]2CN(c3ccc4c(c3)NC(=O)C4)CC[C@H]2NC(=O)Nc2ccc(Cl)cc2)nc1. The fourth-order valence-electron chi connectivity index (χ4n) is 4.66. The zero-order chi connectivity index (χ0) is 24.4. The van der Waals surface area contributed by atoms with E-state index < -0.39 is 0 Å². The Morgan fingerprint density at radius 1 is 1.17 bits per heavy atom. The Balaban J connectivity index is 1.35. The van der Waals surface area contributed by atoms with Crippen LogP contribution in [0.4, 0.5) is 21.9 Å². The molecule has 8 nitrogen and oxygen atoms in total. The van der Waals surface area contributed by atoms with Crippen molar-refractivity contribution in [2.75, 3.05) is 35.7 Å². The number of carbonyl (C=O) groups is 2. The zero-order valence-corrected chi connectivity index (χ0v) is 20.0. The average molecular weight is 492 g/mol. The number of ether oxygens (including phenoxy) is 1. The van der Waals surface area contributed by atoms with E-state index in [9.17, 15) is 9.59 Å². The first-order valence-electron chi connectivity index (χ1n) is 11.5. The van der Waals surface area contributed by atoms with Crippen molar-refractivity contribution in [3.8, 4) is 5.75 Å². The quantitative estimate of drug-likeness (QED) is 0.491. The molecule has 35 heavy (non-hydrogen) atoms. The van der Waals surface area contributed by atoms with Crippen LogP contribution in [0.2, 0.25) is 5.02 Å². The summed E-state index contributed by atoms with van der Waals surface area (Å²) in [5, 5.41) is 9.56. The van der Waals surface area contributed by atoms with Gasteiger partial charge in [0, 0.05) is 52.8 Å². The minimum atomic E-state index is -0.274. The van der Waals surface area contributed by atoms with Gasteiger partial charge in [-0.3, -0.25) is 9.78 Å². The molecule has 0 aliphatic carbocycles. The molecule has 1 aromatic heterocycles. The highest BCUT2D eigenvalue weighted by molar-refractivity contribution is 6.30. The number of nitrogens with zero attached hydrogens (tertiary/aromatic N) is 2. The Hall–Kier alpha value is -3.78. The Kier molecular flexibility index (Phi) is 6.46. The molecule has 5 rings (SSSR count). The first kappa shape index (κ1) is 23.0. The van der Waals surface area contributed by atoms with Gasteiger partial charge in [0.2, 0.25) is 5.91 Å². The molecule has 2 aromatic carbocycles. The van der Waals surface area contributed by atoms with Crippen molar-refractivity contribution < 1.29 is 14.3 Å². The maximum absolute atomic E-state index is 12.8. The number of methoxy groups -OCH3 is 1. The lowest BCUT2D eigenvalue weighted by atomic mass is 9.88. The van der Waals surface area contributed by atoms with E-state index in [-0.39, 0.29) is 23.9 Å². The largest absolute Gasteiger partial charge is 0.495 e. The number of hydrogen-bond donors (Lipinski definition) is 3. The molecule has 0 bridgehead atoms. The maximum atomic E-state index is 12.8. The molecule has 2 atom stereocenters. The van der Waals surface area contributed by atoms with Crippen molar-refractivity contribution in [1.82, 2.24) is 10.3 Å². The molecule has 0 spiro atoms. The molecule has 3 amide bonds. The third-order valence-corrected chi connectivity index (χ3v) is 6.74. The number of amides is 3. The first-order chi connectivity index (χ1) is 17.0. The summed E-state index contributed by atoms with van der Waals surface area (Å²) >= 11 is 5.95. The smallest absolute Gasteiger partial charge is 0.319 e. The van der Waals surface area contributed by atoms with Crippen molar-refractivity contribution in [3.05, 3.63) is 77.1 Å². The van der Waals surface area contributed by atoms with Crippen LogP contribution in [-0.4, -0.2) is 43.2 Å². The van der Waals surface area contributed by atoms with Gasteiger partial charge in [-0.2, -0.15) is 0 Å².